The van der Waals surface area contributed by atoms with E-state index in [1.54, 1.807) is 6.07 Å². The number of thiol groups is 1. The molecule has 232 valence electrons. The predicted molar refractivity (Wildman–Crippen MR) is 154 cm³/mol. The van der Waals surface area contributed by atoms with Gasteiger partial charge in [-0.2, -0.15) is 12.6 Å². The highest BCUT2D eigenvalue weighted by molar-refractivity contribution is 7.80. The molecule has 0 heterocycles. The fourth-order valence-corrected chi connectivity index (χ4v) is 3.90. The third kappa shape index (κ3) is 9.55. The molecule has 0 spiro atoms. The zero-order valence-corrected chi connectivity index (χ0v) is 23.3. The molecule has 43 heavy (non-hydrogen) atoms. The van der Waals surface area contributed by atoms with Gasteiger partial charge in [0.05, 0.1) is 23.7 Å². The molecule has 2 rings (SSSR count). The first kappa shape index (κ1) is 34.3. The largest absolute Gasteiger partial charge is 0.502 e. The molecule has 0 unspecified atom stereocenters. The number of para-hydroxylation sites is 1. The molecule has 0 saturated carbocycles. The summed E-state index contributed by atoms with van der Waals surface area (Å²) in [5.74, 6) is -5.74. The quantitative estimate of drug-likeness (QED) is 0.0416. The second kappa shape index (κ2) is 15.9. The highest BCUT2D eigenvalue weighted by atomic mass is 32.1. The average Bonchev–Trinajstić information content (AvgIpc) is 2.97. The number of amides is 5. The van der Waals surface area contributed by atoms with E-state index in [0.717, 1.165) is 12.1 Å². The number of nitro benzene ring substituents is 1. The van der Waals surface area contributed by atoms with E-state index in [1.807, 2.05) is 0 Å². The Kier molecular flexibility index (Phi) is 12.7. The van der Waals surface area contributed by atoms with Gasteiger partial charge in [-0.05, 0) is 23.8 Å². The number of aliphatic hydroxyl groups is 2. The van der Waals surface area contributed by atoms with Crippen LogP contribution < -0.4 is 32.7 Å². The van der Waals surface area contributed by atoms with Crippen LogP contribution in [0, 0.1) is 10.1 Å². The standard InChI is InChI=1S/C25H31N7O10S/c26-14-4-2-1-3-13(14)22(37)29-16(9-33)23(38)30-17(10-34)24(39)31-18(11-43)25(40)28-15(21(27)36)7-12-5-6-20(35)19(8-12)32(41)42/h1-6,8,15-18,33-35,43H,7,9-11,26H2,(H2,27,36)(H,28,40)(H,29,37)(H,30,38)(H,31,39)/t15-,16-,17-,18-/m0/s1. The maximum Gasteiger partial charge on any atom is 0.310 e. The lowest BCUT2D eigenvalue weighted by atomic mass is 10.0. The number of nitrogens with zero attached hydrogens (tertiary/aromatic N) is 1. The fraction of sp³-hybridized carbons (Fsp3) is 0.320. The zero-order chi connectivity index (χ0) is 32.3. The van der Waals surface area contributed by atoms with Gasteiger partial charge in [0, 0.05) is 23.9 Å². The minimum atomic E-state index is -1.64. The van der Waals surface area contributed by atoms with Gasteiger partial charge in [-0.3, -0.25) is 34.1 Å². The van der Waals surface area contributed by atoms with E-state index in [2.05, 4.69) is 33.9 Å². The van der Waals surface area contributed by atoms with Gasteiger partial charge in [0.1, 0.15) is 24.2 Å². The number of aliphatic hydroxyl groups excluding tert-OH is 2. The number of phenolic OH excluding ortho intramolecular Hbond substituents is 1. The summed E-state index contributed by atoms with van der Waals surface area (Å²) in [6, 6.07) is 3.31. The maximum atomic E-state index is 12.8. The second-order valence-electron chi connectivity index (χ2n) is 9.03. The Morgan fingerprint density at radius 2 is 1.40 bits per heavy atom. The molecule has 0 saturated heterocycles. The molecule has 5 amide bonds. The molecule has 0 bridgehead atoms. The summed E-state index contributed by atoms with van der Waals surface area (Å²) < 4.78 is 0. The first-order valence-electron chi connectivity index (χ1n) is 12.5. The van der Waals surface area contributed by atoms with Crippen molar-refractivity contribution >= 4 is 53.5 Å². The highest BCUT2D eigenvalue weighted by Gasteiger charge is 2.30. The van der Waals surface area contributed by atoms with Gasteiger partial charge in [0.25, 0.3) is 5.91 Å². The monoisotopic (exact) mass is 621 g/mol. The highest BCUT2D eigenvalue weighted by Crippen LogP contribution is 2.26. The van der Waals surface area contributed by atoms with Crippen molar-refractivity contribution in [2.75, 3.05) is 24.7 Å². The van der Waals surface area contributed by atoms with Gasteiger partial charge >= 0.3 is 5.69 Å². The molecule has 2 aromatic carbocycles. The van der Waals surface area contributed by atoms with E-state index in [4.69, 9.17) is 11.5 Å². The van der Waals surface area contributed by atoms with Crippen molar-refractivity contribution in [2.45, 2.75) is 30.6 Å². The molecule has 0 fully saturated rings. The van der Waals surface area contributed by atoms with Crippen molar-refractivity contribution in [1.29, 1.82) is 0 Å². The van der Waals surface area contributed by atoms with E-state index >= 15 is 0 Å². The number of nitrogens with one attached hydrogen (secondary N) is 4. The third-order valence-electron chi connectivity index (χ3n) is 5.98. The maximum absolute atomic E-state index is 12.8. The summed E-state index contributed by atoms with van der Waals surface area (Å²) in [5, 5.41) is 49.0. The lowest BCUT2D eigenvalue weighted by molar-refractivity contribution is -0.385. The molecule has 4 atom stereocenters. The zero-order valence-electron chi connectivity index (χ0n) is 22.4. The molecule has 17 nitrogen and oxygen atoms in total. The van der Waals surface area contributed by atoms with E-state index in [-0.39, 0.29) is 29.0 Å². The summed E-state index contributed by atoms with van der Waals surface area (Å²) in [4.78, 5) is 73.0. The Morgan fingerprint density at radius 1 is 0.860 bits per heavy atom. The number of benzene rings is 2. The molecule has 0 aliphatic rings. The minimum absolute atomic E-state index is 0.0331. The minimum Gasteiger partial charge on any atom is -0.502 e. The summed E-state index contributed by atoms with van der Waals surface area (Å²) >= 11 is 4.01. The molecule has 2 aromatic rings. The molecule has 0 aliphatic carbocycles. The van der Waals surface area contributed by atoms with Crippen LogP contribution >= 0.6 is 12.6 Å². The van der Waals surface area contributed by atoms with Gasteiger partial charge in [0.2, 0.25) is 23.6 Å². The van der Waals surface area contributed by atoms with Crippen LogP contribution in [0.5, 0.6) is 5.75 Å². The van der Waals surface area contributed by atoms with Crippen molar-refractivity contribution in [3.05, 3.63) is 63.7 Å². The summed E-state index contributed by atoms with van der Waals surface area (Å²) in [6.45, 7) is -1.82. The fourth-order valence-electron chi connectivity index (χ4n) is 3.64. The lowest BCUT2D eigenvalue weighted by Crippen LogP contribution is -2.60. The van der Waals surface area contributed by atoms with Crippen LogP contribution in [0.4, 0.5) is 11.4 Å². The van der Waals surface area contributed by atoms with Crippen LogP contribution in [0.25, 0.3) is 0 Å². The Bertz CT molecular complexity index is 1380. The number of rotatable bonds is 15. The van der Waals surface area contributed by atoms with Crippen LogP contribution in [-0.4, -0.2) is 92.9 Å². The van der Waals surface area contributed by atoms with E-state index < -0.39 is 83.3 Å². The molecular weight excluding hydrogens is 590 g/mol. The number of aromatic hydroxyl groups is 1. The Morgan fingerprint density at radius 3 is 1.93 bits per heavy atom. The number of hydrogen-bond donors (Lipinski definition) is 10. The molecule has 0 aromatic heterocycles. The Hall–Kier alpha value is -4.94. The van der Waals surface area contributed by atoms with E-state index in [1.165, 1.54) is 24.3 Å². The average molecular weight is 622 g/mol. The Balaban J connectivity index is 2.06. The number of nitrogens with two attached hydrogens (primary N) is 2. The number of carbonyl (C=O) groups is 5. The number of nitrogen functional groups attached to an aromatic ring is 1. The second-order valence-corrected chi connectivity index (χ2v) is 9.40. The first-order chi connectivity index (χ1) is 20.3. The van der Waals surface area contributed by atoms with Crippen molar-refractivity contribution in [1.82, 2.24) is 21.3 Å². The molecular formula is C25H31N7O10S. The first-order valence-corrected chi connectivity index (χ1v) is 13.1. The van der Waals surface area contributed by atoms with Crippen molar-refractivity contribution in [2.24, 2.45) is 5.73 Å². The number of primary amides is 1. The van der Waals surface area contributed by atoms with Gasteiger partial charge < -0.3 is 48.1 Å². The predicted octanol–water partition coefficient (Wildman–Crippen LogP) is -2.92. The van der Waals surface area contributed by atoms with Crippen LogP contribution in [0.2, 0.25) is 0 Å². The van der Waals surface area contributed by atoms with Crippen molar-refractivity contribution in [3.8, 4) is 5.75 Å². The van der Waals surface area contributed by atoms with Crippen molar-refractivity contribution < 1.29 is 44.2 Å². The molecule has 0 aliphatic heterocycles. The van der Waals surface area contributed by atoms with Crippen molar-refractivity contribution in [3.63, 3.8) is 0 Å². The normalized spacial score (nSPS) is 13.5. The summed E-state index contributed by atoms with van der Waals surface area (Å²) in [5.41, 5.74) is 10.8. The number of anilines is 1. The number of phenols is 1. The number of hydrogen-bond acceptors (Lipinski definition) is 12. The molecule has 0 radical (unpaired) electrons. The molecule has 11 N–H and O–H groups in total. The van der Waals surface area contributed by atoms with E-state index in [9.17, 15) is 49.4 Å². The smallest absolute Gasteiger partial charge is 0.310 e. The lowest BCUT2D eigenvalue weighted by Gasteiger charge is -2.24. The summed E-state index contributed by atoms with van der Waals surface area (Å²) in [6.07, 6.45) is -0.298. The van der Waals surface area contributed by atoms with Gasteiger partial charge in [-0.1, -0.05) is 18.2 Å². The van der Waals surface area contributed by atoms with Gasteiger partial charge in [-0.25, -0.2) is 0 Å². The van der Waals surface area contributed by atoms with E-state index in [0.29, 0.717) is 0 Å². The third-order valence-corrected chi connectivity index (χ3v) is 6.34. The SMILES string of the molecule is NC(=O)[C@H](Cc1ccc(O)c([N+](=O)[O-])c1)NC(=O)[C@H](CS)NC(=O)[C@H](CO)NC(=O)[C@H](CO)NC(=O)c1ccccc1N. The number of carbonyl (C=O) groups excluding carboxylic acids is 5. The molecule has 18 heteroatoms. The van der Waals surface area contributed by atoms with Gasteiger partial charge in [-0.15, -0.1) is 0 Å². The summed E-state index contributed by atoms with van der Waals surface area (Å²) in [7, 11) is 0. The van der Waals surface area contributed by atoms with Crippen LogP contribution in [0.1, 0.15) is 15.9 Å². The van der Waals surface area contributed by atoms with Crippen LogP contribution in [-0.2, 0) is 25.6 Å². The van der Waals surface area contributed by atoms with Crippen LogP contribution in [0.3, 0.4) is 0 Å². The van der Waals surface area contributed by atoms with Crippen LogP contribution in [0.15, 0.2) is 42.5 Å². The topological polar surface area (TPSA) is 289 Å². The van der Waals surface area contributed by atoms with Gasteiger partial charge in [0.15, 0.2) is 5.75 Å². The Labute approximate surface area is 249 Å². The number of nitro groups is 1.